The average molecular weight is 186 g/mol. The van der Waals surface area contributed by atoms with Gasteiger partial charge < -0.3 is 5.73 Å². The molecule has 2 saturated heterocycles. The van der Waals surface area contributed by atoms with Crippen molar-refractivity contribution in [2.24, 2.45) is 11.7 Å². The second-order valence-electron chi connectivity index (χ2n) is 4.07. The highest BCUT2D eigenvalue weighted by Crippen LogP contribution is 2.31. The lowest BCUT2D eigenvalue weighted by Gasteiger charge is -2.37. The highest BCUT2D eigenvalue weighted by Gasteiger charge is 2.35. The van der Waals surface area contributed by atoms with Crippen LogP contribution in [0.3, 0.4) is 0 Å². The first-order valence-corrected chi connectivity index (χ1v) is 6.00. The van der Waals surface area contributed by atoms with Crippen LogP contribution in [0.2, 0.25) is 0 Å². The first-order valence-electron chi connectivity index (χ1n) is 4.85. The van der Waals surface area contributed by atoms with Gasteiger partial charge in [-0.05, 0) is 25.8 Å². The summed E-state index contributed by atoms with van der Waals surface area (Å²) in [6, 6.07) is 1.66. The number of hydrogen-bond donors (Lipinski definition) is 1. The molecule has 0 aromatic carbocycles. The van der Waals surface area contributed by atoms with Crippen molar-refractivity contribution in [2.75, 3.05) is 24.6 Å². The second kappa shape index (κ2) is 3.56. The van der Waals surface area contributed by atoms with E-state index in [-0.39, 0.29) is 0 Å². The highest BCUT2D eigenvalue weighted by atomic mass is 32.2. The summed E-state index contributed by atoms with van der Waals surface area (Å²) in [7, 11) is 0. The minimum atomic E-state index is 0.769. The van der Waals surface area contributed by atoms with Gasteiger partial charge in [0.2, 0.25) is 0 Å². The lowest BCUT2D eigenvalue weighted by Crippen LogP contribution is -2.46. The lowest BCUT2D eigenvalue weighted by atomic mass is 10.1. The maximum atomic E-state index is 5.69. The van der Waals surface area contributed by atoms with Crippen molar-refractivity contribution >= 4 is 11.8 Å². The van der Waals surface area contributed by atoms with E-state index in [1.54, 1.807) is 0 Å². The Morgan fingerprint density at radius 2 is 2.25 bits per heavy atom. The Balaban J connectivity index is 1.89. The Labute approximate surface area is 78.9 Å². The molecule has 2 nitrogen and oxygen atoms in total. The van der Waals surface area contributed by atoms with E-state index in [4.69, 9.17) is 5.73 Å². The molecular weight excluding hydrogens is 168 g/mol. The molecule has 12 heavy (non-hydrogen) atoms. The molecule has 2 rings (SSSR count). The Kier molecular flexibility index (Phi) is 2.63. The molecule has 70 valence electrons. The Hall–Kier alpha value is 0.270. The van der Waals surface area contributed by atoms with Crippen LogP contribution >= 0.6 is 11.8 Å². The normalized spacial score (nSPS) is 38.5. The third kappa shape index (κ3) is 1.50. The molecule has 3 heteroatoms. The van der Waals surface area contributed by atoms with Crippen molar-refractivity contribution in [2.45, 2.75) is 25.4 Å². The van der Waals surface area contributed by atoms with E-state index >= 15 is 0 Å². The SMILES string of the molecule is CC1CC(CN)CN1C1CSC1. The number of thioether (sulfide) groups is 1. The molecule has 2 N–H and O–H groups in total. The minimum Gasteiger partial charge on any atom is -0.330 e. The third-order valence-electron chi connectivity index (χ3n) is 3.13. The van der Waals surface area contributed by atoms with E-state index < -0.39 is 0 Å². The van der Waals surface area contributed by atoms with Gasteiger partial charge in [-0.1, -0.05) is 0 Å². The standard InChI is InChI=1S/C9H18N2S/c1-7-2-8(3-10)4-11(7)9-5-12-6-9/h7-9H,2-6,10H2,1H3. The summed E-state index contributed by atoms with van der Waals surface area (Å²) in [4.78, 5) is 2.66. The molecule has 0 spiro atoms. The summed E-state index contributed by atoms with van der Waals surface area (Å²) in [5.74, 6) is 3.47. The van der Waals surface area contributed by atoms with Crippen molar-refractivity contribution in [3.8, 4) is 0 Å². The number of rotatable bonds is 2. The molecule has 0 saturated carbocycles. The summed E-state index contributed by atoms with van der Waals surface area (Å²) < 4.78 is 0. The van der Waals surface area contributed by atoms with Crippen LogP contribution in [0.25, 0.3) is 0 Å². The average Bonchev–Trinajstić information content (AvgIpc) is 2.29. The van der Waals surface area contributed by atoms with Crippen LogP contribution in [-0.2, 0) is 0 Å². The van der Waals surface area contributed by atoms with E-state index in [0.717, 1.165) is 24.5 Å². The summed E-state index contributed by atoms with van der Waals surface area (Å²) in [6.07, 6.45) is 1.32. The fraction of sp³-hybridized carbons (Fsp3) is 1.00. The van der Waals surface area contributed by atoms with Gasteiger partial charge in [-0.25, -0.2) is 0 Å². The van der Waals surface area contributed by atoms with Crippen LogP contribution < -0.4 is 5.73 Å². The zero-order valence-electron chi connectivity index (χ0n) is 7.70. The van der Waals surface area contributed by atoms with Gasteiger partial charge in [0.15, 0.2) is 0 Å². The second-order valence-corrected chi connectivity index (χ2v) is 5.15. The molecule has 2 fully saturated rings. The quantitative estimate of drug-likeness (QED) is 0.691. The van der Waals surface area contributed by atoms with Gasteiger partial charge in [0.05, 0.1) is 0 Å². The van der Waals surface area contributed by atoms with Crippen LogP contribution in [-0.4, -0.2) is 41.6 Å². The van der Waals surface area contributed by atoms with E-state index in [1.165, 1.54) is 24.5 Å². The van der Waals surface area contributed by atoms with E-state index in [9.17, 15) is 0 Å². The summed E-state index contributed by atoms with van der Waals surface area (Å²) in [5, 5.41) is 0. The van der Waals surface area contributed by atoms with E-state index in [2.05, 4.69) is 23.6 Å². The van der Waals surface area contributed by atoms with Crippen LogP contribution in [0.1, 0.15) is 13.3 Å². The zero-order valence-corrected chi connectivity index (χ0v) is 8.52. The first kappa shape index (κ1) is 8.85. The highest BCUT2D eigenvalue weighted by molar-refractivity contribution is 8.00. The lowest BCUT2D eigenvalue weighted by molar-refractivity contribution is 0.211. The van der Waals surface area contributed by atoms with Crippen molar-refractivity contribution < 1.29 is 0 Å². The summed E-state index contributed by atoms with van der Waals surface area (Å²) >= 11 is 2.07. The number of nitrogens with two attached hydrogens (primary N) is 1. The predicted molar refractivity (Wildman–Crippen MR) is 54.4 cm³/mol. The van der Waals surface area contributed by atoms with E-state index in [1.807, 2.05) is 0 Å². The number of hydrogen-bond acceptors (Lipinski definition) is 3. The summed E-state index contributed by atoms with van der Waals surface area (Å²) in [5.41, 5.74) is 5.69. The van der Waals surface area contributed by atoms with Gasteiger partial charge in [0.25, 0.3) is 0 Å². The van der Waals surface area contributed by atoms with Crippen molar-refractivity contribution in [3.05, 3.63) is 0 Å². The van der Waals surface area contributed by atoms with Gasteiger partial charge in [-0.2, -0.15) is 11.8 Å². The largest absolute Gasteiger partial charge is 0.330 e. The zero-order chi connectivity index (χ0) is 8.55. The van der Waals surface area contributed by atoms with Gasteiger partial charge in [0.1, 0.15) is 0 Å². The Morgan fingerprint density at radius 1 is 1.50 bits per heavy atom. The first-order chi connectivity index (χ1) is 5.81. The maximum Gasteiger partial charge on any atom is 0.0279 e. The molecule has 0 amide bonds. The van der Waals surface area contributed by atoms with Crippen LogP contribution in [0, 0.1) is 5.92 Å². The number of likely N-dealkylation sites (tertiary alicyclic amines) is 1. The molecule has 0 aliphatic carbocycles. The van der Waals surface area contributed by atoms with Crippen LogP contribution in [0.15, 0.2) is 0 Å². The Bertz CT molecular complexity index is 159. The molecule has 2 heterocycles. The van der Waals surface area contributed by atoms with Crippen LogP contribution in [0.5, 0.6) is 0 Å². The van der Waals surface area contributed by atoms with Gasteiger partial charge >= 0.3 is 0 Å². The monoisotopic (exact) mass is 186 g/mol. The molecule has 0 bridgehead atoms. The van der Waals surface area contributed by atoms with Crippen LogP contribution in [0.4, 0.5) is 0 Å². The molecular formula is C9H18N2S. The molecule has 2 atom stereocenters. The molecule has 0 aromatic rings. The fourth-order valence-electron chi connectivity index (χ4n) is 2.26. The minimum absolute atomic E-state index is 0.769. The predicted octanol–water partition coefficient (Wildman–Crippen LogP) is 0.771. The molecule has 0 aromatic heterocycles. The van der Waals surface area contributed by atoms with Crippen molar-refractivity contribution in [3.63, 3.8) is 0 Å². The van der Waals surface area contributed by atoms with Crippen molar-refractivity contribution in [1.29, 1.82) is 0 Å². The topological polar surface area (TPSA) is 29.3 Å². The Morgan fingerprint density at radius 3 is 2.67 bits per heavy atom. The third-order valence-corrected chi connectivity index (χ3v) is 4.37. The van der Waals surface area contributed by atoms with Gasteiger partial charge in [-0.3, -0.25) is 4.90 Å². The fourth-order valence-corrected chi connectivity index (χ4v) is 3.09. The smallest absolute Gasteiger partial charge is 0.0279 e. The molecule has 2 unspecified atom stereocenters. The molecule has 2 aliphatic heterocycles. The summed E-state index contributed by atoms with van der Waals surface area (Å²) in [6.45, 7) is 4.47. The number of nitrogens with zero attached hydrogens (tertiary/aromatic N) is 1. The van der Waals surface area contributed by atoms with Gasteiger partial charge in [0, 0.05) is 30.1 Å². The molecule has 0 radical (unpaired) electrons. The van der Waals surface area contributed by atoms with E-state index in [0.29, 0.717) is 0 Å². The maximum absolute atomic E-state index is 5.69. The van der Waals surface area contributed by atoms with Gasteiger partial charge in [-0.15, -0.1) is 0 Å². The molecule has 2 aliphatic rings. The van der Waals surface area contributed by atoms with Crippen molar-refractivity contribution in [1.82, 2.24) is 4.90 Å².